The molecule has 0 bridgehead atoms. The number of morpholine rings is 1. The van der Waals surface area contributed by atoms with E-state index in [0.717, 1.165) is 55.5 Å². The summed E-state index contributed by atoms with van der Waals surface area (Å²) in [5, 5.41) is 2.99. The lowest BCUT2D eigenvalue weighted by atomic mass is 10.2. The Morgan fingerprint density at radius 1 is 0.970 bits per heavy atom. The number of nitrogens with zero attached hydrogens (tertiary/aromatic N) is 5. The van der Waals surface area contributed by atoms with Crippen molar-refractivity contribution in [3.05, 3.63) is 36.0 Å². The van der Waals surface area contributed by atoms with E-state index in [0.29, 0.717) is 19.8 Å². The molecule has 1 amide bonds. The van der Waals surface area contributed by atoms with Gasteiger partial charge >= 0.3 is 0 Å². The van der Waals surface area contributed by atoms with Crippen LogP contribution >= 0.6 is 0 Å². The zero-order valence-electron chi connectivity index (χ0n) is 19.3. The largest absolute Gasteiger partial charge is 0.379 e. The first-order valence-electron chi connectivity index (χ1n) is 12.3. The van der Waals surface area contributed by atoms with Gasteiger partial charge in [-0.3, -0.25) is 9.69 Å². The van der Waals surface area contributed by atoms with E-state index in [1.807, 2.05) is 30.5 Å². The third kappa shape index (κ3) is 5.69. The topological polar surface area (TPSA) is 73.8 Å². The van der Waals surface area contributed by atoms with Gasteiger partial charge in [-0.25, -0.2) is 9.97 Å². The third-order valence-electron chi connectivity index (χ3n) is 6.79. The molecule has 1 N–H and O–H groups in total. The summed E-state index contributed by atoms with van der Waals surface area (Å²) in [7, 11) is 0. The molecule has 0 unspecified atom stereocenters. The fourth-order valence-corrected chi connectivity index (χ4v) is 4.92. The minimum Gasteiger partial charge on any atom is -0.379 e. The first-order chi connectivity index (χ1) is 16.2. The lowest BCUT2D eigenvalue weighted by molar-refractivity contribution is -0.118. The summed E-state index contributed by atoms with van der Waals surface area (Å²) in [5.74, 6) is 1.83. The monoisotopic (exact) mass is 450 g/mol. The lowest BCUT2D eigenvalue weighted by Crippen LogP contribution is -2.41. The second-order valence-electron chi connectivity index (χ2n) is 9.20. The summed E-state index contributed by atoms with van der Waals surface area (Å²) in [4.78, 5) is 29.0. The van der Waals surface area contributed by atoms with Crippen LogP contribution in [0.1, 0.15) is 24.8 Å². The first kappa shape index (κ1) is 22.3. The quantitative estimate of drug-likeness (QED) is 0.661. The molecule has 3 aliphatic heterocycles. The molecule has 2 fully saturated rings. The van der Waals surface area contributed by atoms with E-state index in [4.69, 9.17) is 9.72 Å². The number of hydrogen-bond donors (Lipinski definition) is 1. The SMILES string of the molecule is O=C(CN1CCOCC1)Nc1ccc(-c2ncc3c(n2)N(CCCN2CCCC2)CC3)cc1. The molecule has 2 saturated heterocycles. The molecule has 0 saturated carbocycles. The Morgan fingerprint density at radius 3 is 2.55 bits per heavy atom. The lowest BCUT2D eigenvalue weighted by Gasteiger charge is -2.25. The predicted octanol–water partition coefficient (Wildman–Crippen LogP) is 2.26. The van der Waals surface area contributed by atoms with Crippen molar-refractivity contribution < 1.29 is 9.53 Å². The summed E-state index contributed by atoms with van der Waals surface area (Å²) >= 11 is 0. The highest BCUT2D eigenvalue weighted by molar-refractivity contribution is 5.92. The Kier molecular flexibility index (Phi) is 7.14. The minimum atomic E-state index is 0.00278. The van der Waals surface area contributed by atoms with Crippen molar-refractivity contribution in [1.82, 2.24) is 19.8 Å². The average molecular weight is 451 g/mol. The molecule has 4 heterocycles. The molecule has 0 radical (unpaired) electrons. The number of likely N-dealkylation sites (tertiary alicyclic amines) is 1. The van der Waals surface area contributed by atoms with E-state index in [2.05, 4.69) is 25.0 Å². The van der Waals surface area contributed by atoms with Gasteiger partial charge in [0.25, 0.3) is 0 Å². The Morgan fingerprint density at radius 2 is 1.76 bits per heavy atom. The standard InChI is InChI=1S/C25H34N6O2/c32-23(19-30-14-16-33-17-15-30)27-22-6-4-20(5-7-22)24-26-18-21-8-13-31(25(21)28-24)12-3-11-29-9-1-2-10-29/h4-7,18H,1-3,8-17,19H2,(H,27,32). The van der Waals surface area contributed by atoms with E-state index >= 15 is 0 Å². The minimum absolute atomic E-state index is 0.00278. The molecule has 2 aromatic rings. The molecule has 0 atom stereocenters. The fraction of sp³-hybridized carbons (Fsp3) is 0.560. The third-order valence-corrected chi connectivity index (χ3v) is 6.79. The van der Waals surface area contributed by atoms with Gasteiger partial charge in [-0.1, -0.05) is 0 Å². The van der Waals surface area contributed by atoms with E-state index in [1.54, 1.807) is 0 Å². The van der Waals surface area contributed by atoms with Crippen LogP contribution in [0.5, 0.6) is 0 Å². The maximum Gasteiger partial charge on any atom is 0.238 e. The summed E-state index contributed by atoms with van der Waals surface area (Å²) in [5.41, 5.74) is 3.00. The summed E-state index contributed by atoms with van der Waals surface area (Å²) in [6.45, 7) is 9.16. The van der Waals surface area contributed by atoms with Gasteiger partial charge in [-0.05, 0) is 69.6 Å². The number of anilines is 2. The zero-order valence-corrected chi connectivity index (χ0v) is 19.3. The van der Waals surface area contributed by atoms with Crippen molar-refractivity contribution in [2.45, 2.75) is 25.7 Å². The Hall–Kier alpha value is -2.55. The van der Waals surface area contributed by atoms with Crippen molar-refractivity contribution in [3.63, 3.8) is 0 Å². The number of hydrogen-bond acceptors (Lipinski definition) is 7. The molecule has 8 nitrogen and oxygen atoms in total. The number of fused-ring (bicyclic) bond motifs is 1. The second-order valence-corrected chi connectivity index (χ2v) is 9.20. The number of nitrogens with one attached hydrogen (secondary N) is 1. The summed E-state index contributed by atoms with van der Waals surface area (Å²) in [6.07, 6.45) is 6.88. The summed E-state index contributed by atoms with van der Waals surface area (Å²) in [6, 6.07) is 7.82. The normalized spacial score (nSPS) is 19.1. The molecule has 33 heavy (non-hydrogen) atoms. The van der Waals surface area contributed by atoms with Crippen LogP contribution in [0.4, 0.5) is 11.5 Å². The van der Waals surface area contributed by atoms with Crippen molar-refractivity contribution >= 4 is 17.4 Å². The van der Waals surface area contributed by atoms with Crippen LogP contribution in [-0.2, 0) is 16.0 Å². The van der Waals surface area contributed by atoms with Gasteiger partial charge in [0.15, 0.2) is 5.82 Å². The molecule has 8 heteroatoms. The van der Waals surface area contributed by atoms with Crippen molar-refractivity contribution in [3.8, 4) is 11.4 Å². The highest BCUT2D eigenvalue weighted by Gasteiger charge is 2.22. The Balaban J connectivity index is 1.17. The van der Waals surface area contributed by atoms with Gasteiger partial charge in [0.2, 0.25) is 5.91 Å². The first-order valence-corrected chi connectivity index (χ1v) is 12.3. The number of carbonyl (C=O) groups is 1. The Bertz CT molecular complexity index is 938. The van der Waals surface area contributed by atoms with Crippen molar-refractivity contribution in [1.29, 1.82) is 0 Å². The van der Waals surface area contributed by atoms with E-state index in [-0.39, 0.29) is 5.91 Å². The molecule has 176 valence electrons. The van der Waals surface area contributed by atoms with Crippen LogP contribution in [0.15, 0.2) is 30.5 Å². The van der Waals surface area contributed by atoms with Gasteiger partial charge in [0.1, 0.15) is 5.82 Å². The molecule has 0 spiro atoms. The highest BCUT2D eigenvalue weighted by atomic mass is 16.5. The van der Waals surface area contributed by atoms with E-state index in [9.17, 15) is 4.79 Å². The van der Waals surface area contributed by atoms with Gasteiger partial charge < -0.3 is 19.9 Å². The maximum atomic E-state index is 12.3. The molecule has 0 aliphatic carbocycles. The second kappa shape index (κ2) is 10.6. The number of benzene rings is 1. The highest BCUT2D eigenvalue weighted by Crippen LogP contribution is 2.28. The van der Waals surface area contributed by atoms with Gasteiger partial charge in [0, 0.05) is 49.2 Å². The number of amides is 1. The van der Waals surface area contributed by atoms with E-state index < -0.39 is 0 Å². The maximum absolute atomic E-state index is 12.3. The van der Waals surface area contributed by atoms with Crippen molar-refractivity contribution in [2.24, 2.45) is 0 Å². The molecule has 3 aliphatic rings. The smallest absolute Gasteiger partial charge is 0.238 e. The molecule has 1 aromatic heterocycles. The Labute approximate surface area is 195 Å². The van der Waals surface area contributed by atoms with Gasteiger partial charge in [0.05, 0.1) is 19.8 Å². The molecule has 1 aromatic carbocycles. The summed E-state index contributed by atoms with van der Waals surface area (Å²) < 4.78 is 5.34. The molecular weight excluding hydrogens is 416 g/mol. The predicted molar refractivity (Wildman–Crippen MR) is 130 cm³/mol. The van der Waals surface area contributed by atoms with Crippen LogP contribution in [0.3, 0.4) is 0 Å². The van der Waals surface area contributed by atoms with Crippen LogP contribution in [0, 0.1) is 0 Å². The van der Waals surface area contributed by atoms with Crippen LogP contribution < -0.4 is 10.2 Å². The van der Waals surface area contributed by atoms with Gasteiger partial charge in [-0.2, -0.15) is 0 Å². The number of aromatic nitrogens is 2. The van der Waals surface area contributed by atoms with Crippen molar-refractivity contribution in [2.75, 3.05) is 75.8 Å². The molecular formula is C25H34N6O2. The number of ether oxygens (including phenoxy) is 1. The fourth-order valence-electron chi connectivity index (χ4n) is 4.92. The molecule has 5 rings (SSSR count). The number of rotatable bonds is 8. The van der Waals surface area contributed by atoms with Crippen LogP contribution in [0.25, 0.3) is 11.4 Å². The zero-order chi connectivity index (χ0) is 22.5. The van der Waals surface area contributed by atoms with E-state index in [1.165, 1.54) is 44.5 Å². The average Bonchev–Trinajstić information content (AvgIpc) is 3.50. The number of carbonyl (C=O) groups excluding carboxylic acids is 1. The van der Waals surface area contributed by atoms with Crippen LogP contribution in [-0.4, -0.2) is 91.2 Å². The van der Waals surface area contributed by atoms with Gasteiger partial charge in [-0.15, -0.1) is 0 Å². The van der Waals surface area contributed by atoms with Crippen LogP contribution in [0.2, 0.25) is 0 Å².